The number of rotatable bonds is 1. The summed E-state index contributed by atoms with van der Waals surface area (Å²) in [4.78, 5) is 16.1. The van der Waals surface area contributed by atoms with Crippen LogP contribution in [0.1, 0.15) is 18.4 Å². The number of allylic oxidation sites excluding steroid dienone is 4. The molecule has 3 nitrogen and oxygen atoms in total. The number of carbonyl (C=O) groups is 1. The Balaban J connectivity index is 2.11. The molecular formula is C15H14N2O. The summed E-state index contributed by atoms with van der Waals surface area (Å²) < 4.78 is 0. The molecule has 0 aromatic heterocycles. The van der Waals surface area contributed by atoms with E-state index in [0.29, 0.717) is 0 Å². The third kappa shape index (κ3) is 1.99. The van der Waals surface area contributed by atoms with Gasteiger partial charge in [-0.2, -0.15) is 0 Å². The predicted octanol–water partition coefficient (Wildman–Crippen LogP) is 2.70. The van der Waals surface area contributed by atoms with Crippen molar-refractivity contribution in [1.82, 2.24) is 0 Å². The smallest absolute Gasteiger partial charge is 0.246 e. The summed E-state index contributed by atoms with van der Waals surface area (Å²) in [5.74, 6) is -0.0576. The molecule has 1 aliphatic heterocycles. The molecule has 0 saturated heterocycles. The number of fused-ring (bicyclic) bond motifs is 1. The van der Waals surface area contributed by atoms with Crippen LogP contribution >= 0.6 is 0 Å². The molecule has 0 atom stereocenters. The van der Waals surface area contributed by atoms with Crippen LogP contribution in [0.4, 0.5) is 5.69 Å². The van der Waals surface area contributed by atoms with Gasteiger partial charge in [0.05, 0.1) is 11.4 Å². The third-order valence-electron chi connectivity index (χ3n) is 3.11. The Morgan fingerprint density at radius 2 is 2.06 bits per heavy atom. The summed E-state index contributed by atoms with van der Waals surface area (Å²) in [6.07, 6.45) is 8.55. The molecule has 1 N–H and O–H groups in total. The largest absolute Gasteiger partial charge is 0.324 e. The molecule has 0 bridgehead atoms. The van der Waals surface area contributed by atoms with E-state index in [1.165, 1.54) is 0 Å². The van der Waals surface area contributed by atoms with E-state index < -0.39 is 0 Å². The fourth-order valence-electron chi connectivity index (χ4n) is 2.26. The zero-order valence-electron chi connectivity index (χ0n) is 10.0. The minimum Gasteiger partial charge on any atom is -0.324 e. The molecule has 2 aliphatic rings. The van der Waals surface area contributed by atoms with E-state index >= 15 is 0 Å². The number of nitrogens with one attached hydrogen (secondary N) is 1. The van der Waals surface area contributed by atoms with Crippen molar-refractivity contribution >= 4 is 17.3 Å². The number of aliphatic imine (C=N–C) groups is 1. The van der Waals surface area contributed by atoms with Crippen LogP contribution in [0.3, 0.4) is 0 Å². The van der Waals surface area contributed by atoms with Gasteiger partial charge in [0.1, 0.15) is 6.54 Å². The molecule has 1 aliphatic carbocycles. The zero-order valence-corrected chi connectivity index (χ0v) is 10.0. The molecule has 0 spiro atoms. The number of hydrogen-bond donors (Lipinski definition) is 1. The van der Waals surface area contributed by atoms with Crippen LogP contribution < -0.4 is 5.32 Å². The van der Waals surface area contributed by atoms with Gasteiger partial charge in [0, 0.05) is 5.56 Å². The van der Waals surface area contributed by atoms with Crippen LogP contribution in [0.25, 0.3) is 0 Å². The van der Waals surface area contributed by atoms with Gasteiger partial charge in [-0.15, -0.1) is 0 Å². The number of anilines is 1. The van der Waals surface area contributed by atoms with Crippen molar-refractivity contribution < 1.29 is 4.79 Å². The van der Waals surface area contributed by atoms with E-state index in [1.54, 1.807) is 0 Å². The molecule has 0 unspecified atom stereocenters. The van der Waals surface area contributed by atoms with E-state index in [4.69, 9.17) is 0 Å². The second kappa shape index (κ2) is 4.61. The predicted molar refractivity (Wildman–Crippen MR) is 72.9 cm³/mol. The number of benzodiazepines with no additional fused rings is 1. The van der Waals surface area contributed by atoms with Crippen molar-refractivity contribution in [2.75, 3.05) is 11.9 Å². The first kappa shape index (κ1) is 11.0. The van der Waals surface area contributed by atoms with Crippen LogP contribution in [0.5, 0.6) is 0 Å². The molecule has 0 fully saturated rings. The van der Waals surface area contributed by atoms with Gasteiger partial charge in [0.2, 0.25) is 5.91 Å². The molecule has 1 aromatic rings. The van der Waals surface area contributed by atoms with Gasteiger partial charge in [0.15, 0.2) is 0 Å². The van der Waals surface area contributed by atoms with Gasteiger partial charge in [-0.3, -0.25) is 9.79 Å². The lowest BCUT2D eigenvalue weighted by atomic mass is 9.96. The van der Waals surface area contributed by atoms with Crippen molar-refractivity contribution in [2.45, 2.75) is 12.8 Å². The number of benzene rings is 1. The molecule has 1 amide bonds. The fraction of sp³-hybridized carbons (Fsp3) is 0.200. The van der Waals surface area contributed by atoms with Crippen LogP contribution in [0.2, 0.25) is 0 Å². The minimum absolute atomic E-state index is 0.0576. The Bertz CT molecular complexity index is 582. The summed E-state index contributed by atoms with van der Waals surface area (Å²) >= 11 is 0. The first-order valence-corrected chi connectivity index (χ1v) is 6.15. The summed E-state index contributed by atoms with van der Waals surface area (Å²) in [7, 11) is 0. The number of para-hydroxylation sites is 1. The molecule has 90 valence electrons. The van der Waals surface area contributed by atoms with Crippen molar-refractivity contribution in [3.63, 3.8) is 0 Å². The number of amides is 1. The molecule has 18 heavy (non-hydrogen) atoms. The van der Waals surface area contributed by atoms with Crippen LogP contribution in [0, 0.1) is 0 Å². The maximum atomic E-state index is 11.6. The SMILES string of the molecule is O=C1CN=C(C2=CCCC=C2)c2ccccc2N1. The highest BCUT2D eigenvalue weighted by Gasteiger charge is 2.18. The molecule has 3 rings (SSSR count). The molecule has 1 aromatic carbocycles. The number of hydrogen-bond acceptors (Lipinski definition) is 2. The van der Waals surface area contributed by atoms with Crippen molar-refractivity contribution in [2.24, 2.45) is 4.99 Å². The summed E-state index contributed by atoms with van der Waals surface area (Å²) in [5.41, 5.74) is 3.88. The maximum absolute atomic E-state index is 11.6. The van der Waals surface area contributed by atoms with Gasteiger partial charge in [-0.25, -0.2) is 0 Å². The van der Waals surface area contributed by atoms with Crippen molar-refractivity contribution in [1.29, 1.82) is 0 Å². The Morgan fingerprint density at radius 1 is 1.17 bits per heavy atom. The number of carbonyl (C=O) groups excluding carboxylic acids is 1. The van der Waals surface area contributed by atoms with Crippen molar-refractivity contribution in [3.05, 3.63) is 53.6 Å². The molecule has 0 radical (unpaired) electrons. The summed E-state index contributed by atoms with van der Waals surface area (Å²) in [6.45, 7) is 0.190. The van der Waals surface area contributed by atoms with Gasteiger partial charge in [-0.1, -0.05) is 36.4 Å². The Hall–Kier alpha value is -2.16. The number of nitrogens with zero attached hydrogens (tertiary/aromatic N) is 1. The molecule has 0 saturated carbocycles. The van der Waals surface area contributed by atoms with Crippen LogP contribution in [0.15, 0.2) is 53.1 Å². The van der Waals surface area contributed by atoms with Crippen LogP contribution in [-0.2, 0) is 4.79 Å². The topological polar surface area (TPSA) is 41.5 Å². The highest BCUT2D eigenvalue weighted by atomic mass is 16.1. The second-order valence-electron chi connectivity index (χ2n) is 4.40. The average molecular weight is 238 g/mol. The minimum atomic E-state index is -0.0576. The summed E-state index contributed by atoms with van der Waals surface area (Å²) in [6, 6.07) is 7.82. The highest BCUT2D eigenvalue weighted by molar-refractivity contribution is 6.20. The third-order valence-corrected chi connectivity index (χ3v) is 3.11. The van der Waals surface area contributed by atoms with Gasteiger partial charge >= 0.3 is 0 Å². The van der Waals surface area contributed by atoms with E-state index in [9.17, 15) is 4.79 Å². The van der Waals surface area contributed by atoms with Crippen LogP contribution in [-0.4, -0.2) is 18.2 Å². The molecule has 1 heterocycles. The molecular weight excluding hydrogens is 224 g/mol. The molecule has 3 heteroatoms. The lowest BCUT2D eigenvalue weighted by Crippen LogP contribution is -2.13. The lowest BCUT2D eigenvalue weighted by Gasteiger charge is -2.12. The lowest BCUT2D eigenvalue weighted by molar-refractivity contribution is -0.114. The average Bonchev–Trinajstić information content (AvgIpc) is 2.58. The first-order valence-electron chi connectivity index (χ1n) is 6.15. The Morgan fingerprint density at radius 3 is 2.89 bits per heavy atom. The monoisotopic (exact) mass is 238 g/mol. The fourth-order valence-corrected chi connectivity index (χ4v) is 2.26. The first-order chi connectivity index (χ1) is 8.84. The summed E-state index contributed by atoms with van der Waals surface area (Å²) in [5, 5.41) is 2.89. The van der Waals surface area contributed by atoms with Gasteiger partial charge < -0.3 is 5.32 Å². The van der Waals surface area contributed by atoms with Gasteiger partial charge in [0.25, 0.3) is 0 Å². The van der Waals surface area contributed by atoms with E-state index in [0.717, 1.165) is 35.4 Å². The second-order valence-corrected chi connectivity index (χ2v) is 4.40. The van der Waals surface area contributed by atoms with E-state index in [1.807, 2.05) is 24.3 Å². The zero-order chi connectivity index (χ0) is 12.4. The Kier molecular flexibility index (Phi) is 2.81. The maximum Gasteiger partial charge on any atom is 0.246 e. The van der Waals surface area contributed by atoms with Crippen molar-refractivity contribution in [3.8, 4) is 0 Å². The van der Waals surface area contributed by atoms with Gasteiger partial charge in [-0.05, 0) is 24.5 Å². The highest BCUT2D eigenvalue weighted by Crippen LogP contribution is 2.24. The van der Waals surface area contributed by atoms with E-state index in [2.05, 4.69) is 28.5 Å². The normalized spacial score (nSPS) is 18.3. The standard InChI is InChI=1S/C15H14N2O/c18-14-10-16-15(11-6-2-1-3-7-11)12-8-4-5-9-13(12)17-14/h2,4-9H,1,3,10H2,(H,17,18). The van der Waals surface area contributed by atoms with E-state index in [-0.39, 0.29) is 12.5 Å². The quantitative estimate of drug-likeness (QED) is 0.803. The Labute approximate surface area is 106 Å².